The van der Waals surface area contributed by atoms with Gasteiger partial charge in [-0.2, -0.15) is 0 Å². The van der Waals surface area contributed by atoms with Gasteiger partial charge in [0.15, 0.2) is 0 Å². The van der Waals surface area contributed by atoms with Crippen LogP contribution in [-0.4, -0.2) is 7.05 Å². The molecule has 1 atom stereocenters. The summed E-state index contributed by atoms with van der Waals surface area (Å²) in [7, 11) is 2.04. The highest BCUT2D eigenvalue weighted by molar-refractivity contribution is 9.10. The van der Waals surface area contributed by atoms with Crippen LogP contribution in [0.4, 0.5) is 0 Å². The van der Waals surface area contributed by atoms with Gasteiger partial charge in [0.25, 0.3) is 0 Å². The van der Waals surface area contributed by atoms with E-state index in [1.165, 1.54) is 40.4 Å². The maximum Gasteiger partial charge on any atom is 0.0588 e. The Morgan fingerprint density at radius 2 is 1.65 bits per heavy atom. The molecule has 0 saturated heterocycles. The van der Waals surface area contributed by atoms with E-state index in [-0.39, 0.29) is 6.04 Å². The molecule has 0 amide bonds. The molecule has 2 aromatic rings. The monoisotopic (exact) mass is 329 g/mol. The molecule has 1 aliphatic rings. The zero-order chi connectivity index (χ0) is 13.9. The summed E-state index contributed by atoms with van der Waals surface area (Å²) in [6.45, 7) is 0. The Morgan fingerprint density at radius 3 is 2.25 bits per heavy atom. The number of hydrogen-bond acceptors (Lipinski definition) is 1. The summed E-state index contributed by atoms with van der Waals surface area (Å²) < 4.78 is 1.17. The second-order valence-corrected chi connectivity index (χ2v) is 6.35. The standard InChI is InChI=1S/C18H20BrN/c1-20-18(16-11-4-5-12-17(16)19)15-10-3-2-9-14(15)13-7-6-8-13/h2-5,9-13,18,20H,6-8H2,1H3. The predicted octanol–water partition coefficient (Wildman–Crippen LogP) is 5.03. The van der Waals surface area contributed by atoms with E-state index in [0.717, 1.165) is 5.92 Å². The Bertz CT molecular complexity index is 589. The van der Waals surface area contributed by atoms with Gasteiger partial charge in [-0.05, 0) is 48.6 Å². The van der Waals surface area contributed by atoms with Crippen molar-refractivity contribution in [3.63, 3.8) is 0 Å². The molecule has 1 N–H and O–H groups in total. The number of hydrogen-bond donors (Lipinski definition) is 1. The van der Waals surface area contributed by atoms with Crippen LogP contribution in [0.15, 0.2) is 53.0 Å². The molecule has 0 heterocycles. The largest absolute Gasteiger partial charge is 0.309 e. The molecule has 3 rings (SSSR count). The molecule has 1 saturated carbocycles. The van der Waals surface area contributed by atoms with E-state index in [1.807, 2.05) is 7.05 Å². The Morgan fingerprint density at radius 1 is 1.00 bits per heavy atom. The van der Waals surface area contributed by atoms with Crippen LogP contribution in [0.5, 0.6) is 0 Å². The normalized spacial score (nSPS) is 16.7. The molecule has 1 unspecified atom stereocenters. The third-order valence-electron chi connectivity index (χ3n) is 4.36. The number of nitrogens with one attached hydrogen (secondary N) is 1. The lowest BCUT2D eigenvalue weighted by atomic mass is 9.76. The van der Waals surface area contributed by atoms with Gasteiger partial charge >= 0.3 is 0 Å². The lowest BCUT2D eigenvalue weighted by Gasteiger charge is -2.31. The topological polar surface area (TPSA) is 12.0 Å². The minimum Gasteiger partial charge on any atom is -0.309 e. The van der Waals surface area contributed by atoms with Crippen molar-refractivity contribution in [2.45, 2.75) is 31.2 Å². The minimum atomic E-state index is 0.252. The molecule has 0 bridgehead atoms. The molecule has 0 aromatic heterocycles. The summed E-state index contributed by atoms with van der Waals surface area (Å²) in [5.74, 6) is 0.754. The smallest absolute Gasteiger partial charge is 0.0588 e. The number of benzene rings is 2. The van der Waals surface area contributed by atoms with Crippen LogP contribution in [0.25, 0.3) is 0 Å². The lowest BCUT2D eigenvalue weighted by Crippen LogP contribution is -2.22. The molecular formula is C18H20BrN. The first kappa shape index (κ1) is 13.8. The van der Waals surface area contributed by atoms with Gasteiger partial charge in [0.05, 0.1) is 6.04 Å². The van der Waals surface area contributed by atoms with E-state index >= 15 is 0 Å². The van der Waals surface area contributed by atoms with Crippen molar-refractivity contribution in [2.24, 2.45) is 0 Å². The van der Waals surface area contributed by atoms with E-state index in [0.29, 0.717) is 0 Å². The first-order valence-electron chi connectivity index (χ1n) is 7.31. The highest BCUT2D eigenvalue weighted by Gasteiger charge is 2.25. The summed E-state index contributed by atoms with van der Waals surface area (Å²) in [6, 6.07) is 17.6. The van der Waals surface area contributed by atoms with Gasteiger partial charge < -0.3 is 5.32 Å². The Labute approximate surface area is 129 Å². The summed E-state index contributed by atoms with van der Waals surface area (Å²) >= 11 is 3.69. The van der Waals surface area contributed by atoms with Gasteiger partial charge in [0.2, 0.25) is 0 Å². The van der Waals surface area contributed by atoms with E-state index < -0.39 is 0 Å². The maximum atomic E-state index is 3.69. The lowest BCUT2D eigenvalue weighted by molar-refractivity contribution is 0.415. The number of rotatable bonds is 4. The molecule has 1 fully saturated rings. The van der Waals surface area contributed by atoms with Gasteiger partial charge in [-0.3, -0.25) is 0 Å². The summed E-state index contributed by atoms with van der Waals surface area (Å²) in [5.41, 5.74) is 4.25. The quantitative estimate of drug-likeness (QED) is 0.829. The van der Waals surface area contributed by atoms with Gasteiger partial charge in [-0.1, -0.05) is 64.8 Å². The fourth-order valence-corrected chi connectivity index (χ4v) is 3.57. The predicted molar refractivity (Wildman–Crippen MR) is 88.1 cm³/mol. The fourth-order valence-electron chi connectivity index (χ4n) is 3.05. The average Bonchev–Trinajstić information content (AvgIpc) is 2.41. The molecule has 0 spiro atoms. The maximum absolute atomic E-state index is 3.69. The molecule has 2 heteroatoms. The van der Waals surface area contributed by atoms with Crippen molar-refractivity contribution in [3.05, 3.63) is 69.7 Å². The molecule has 0 radical (unpaired) electrons. The molecule has 104 valence electrons. The zero-order valence-electron chi connectivity index (χ0n) is 11.8. The molecule has 1 nitrogen and oxygen atoms in total. The van der Waals surface area contributed by atoms with Crippen molar-refractivity contribution in [2.75, 3.05) is 7.05 Å². The number of halogens is 1. The van der Waals surface area contributed by atoms with Gasteiger partial charge in [-0.15, -0.1) is 0 Å². The Kier molecular flexibility index (Phi) is 4.23. The van der Waals surface area contributed by atoms with Crippen LogP contribution in [0.1, 0.15) is 47.9 Å². The minimum absolute atomic E-state index is 0.252. The van der Waals surface area contributed by atoms with E-state index in [9.17, 15) is 0 Å². The highest BCUT2D eigenvalue weighted by atomic mass is 79.9. The van der Waals surface area contributed by atoms with Gasteiger partial charge in [0.1, 0.15) is 0 Å². The van der Waals surface area contributed by atoms with Crippen LogP contribution in [0, 0.1) is 0 Å². The van der Waals surface area contributed by atoms with E-state index in [4.69, 9.17) is 0 Å². The third kappa shape index (κ3) is 2.55. The van der Waals surface area contributed by atoms with Crippen molar-refractivity contribution in [3.8, 4) is 0 Å². The fraction of sp³-hybridized carbons (Fsp3) is 0.333. The molecule has 2 aromatic carbocycles. The summed E-state index contributed by atoms with van der Waals surface area (Å²) in [4.78, 5) is 0. The first-order chi connectivity index (χ1) is 9.81. The average molecular weight is 330 g/mol. The van der Waals surface area contributed by atoms with Crippen LogP contribution in [0.3, 0.4) is 0 Å². The second kappa shape index (κ2) is 6.11. The van der Waals surface area contributed by atoms with Crippen LogP contribution in [-0.2, 0) is 0 Å². The van der Waals surface area contributed by atoms with Gasteiger partial charge in [0, 0.05) is 4.47 Å². The van der Waals surface area contributed by atoms with Crippen LogP contribution in [0.2, 0.25) is 0 Å². The van der Waals surface area contributed by atoms with Crippen LogP contribution < -0.4 is 5.32 Å². The summed E-state index contributed by atoms with van der Waals surface area (Å²) in [5, 5.41) is 3.49. The van der Waals surface area contributed by atoms with Gasteiger partial charge in [-0.25, -0.2) is 0 Å². The Hall–Kier alpha value is -1.12. The van der Waals surface area contributed by atoms with E-state index in [1.54, 1.807) is 0 Å². The van der Waals surface area contributed by atoms with Crippen molar-refractivity contribution < 1.29 is 0 Å². The molecule has 1 aliphatic carbocycles. The molecular weight excluding hydrogens is 310 g/mol. The van der Waals surface area contributed by atoms with Crippen molar-refractivity contribution in [1.29, 1.82) is 0 Å². The third-order valence-corrected chi connectivity index (χ3v) is 5.08. The zero-order valence-corrected chi connectivity index (χ0v) is 13.4. The first-order valence-corrected chi connectivity index (χ1v) is 8.11. The highest BCUT2D eigenvalue weighted by Crippen LogP contribution is 2.41. The Balaban J connectivity index is 2.03. The molecule has 20 heavy (non-hydrogen) atoms. The van der Waals surface area contributed by atoms with Crippen molar-refractivity contribution in [1.82, 2.24) is 5.32 Å². The summed E-state index contributed by atoms with van der Waals surface area (Å²) in [6.07, 6.45) is 4.05. The second-order valence-electron chi connectivity index (χ2n) is 5.50. The molecule has 0 aliphatic heterocycles. The SMILES string of the molecule is CNC(c1ccccc1Br)c1ccccc1C1CCC1. The van der Waals surface area contributed by atoms with E-state index in [2.05, 4.69) is 69.8 Å². The van der Waals surface area contributed by atoms with Crippen molar-refractivity contribution >= 4 is 15.9 Å². The van der Waals surface area contributed by atoms with Crippen LogP contribution >= 0.6 is 15.9 Å².